The number of carboxylic acid groups (broad SMARTS) is 1. The predicted molar refractivity (Wildman–Crippen MR) is 190 cm³/mol. The van der Waals surface area contributed by atoms with Crippen LogP contribution in [0.2, 0.25) is 0 Å². The highest BCUT2D eigenvalue weighted by molar-refractivity contribution is 8.00. The van der Waals surface area contributed by atoms with Crippen molar-refractivity contribution < 1.29 is 29.0 Å². The van der Waals surface area contributed by atoms with E-state index in [0.29, 0.717) is 32.9 Å². The zero-order valence-corrected chi connectivity index (χ0v) is 28.1. The van der Waals surface area contributed by atoms with E-state index >= 15 is 0 Å². The molecule has 48 heavy (non-hydrogen) atoms. The fourth-order valence-electron chi connectivity index (χ4n) is 6.03. The lowest BCUT2D eigenvalue weighted by atomic mass is 9.88. The molecule has 2 unspecified atom stereocenters. The van der Waals surface area contributed by atoms with Crippen LogP contribution in [0.3, 0.4) is 0 Å². The molecule has 0 spiro atoms. The van der Waals surface area contributed by atoms with Crippen molar-refractivity contribution in [1.82, 2.24) is 0 Å². The summed E-state index contributed by atoms with van der Waals surface area (Å²) >= 11 is 2.77. The van der Waals surface area contributed by atoms with Gasteiger partial charge in [-0.1, -0.05) is 67.6 Å². The number of thiophene rings is 1. The SMILES string of the molecule is CCOC(=O)c1c(NC(=O)C(Sc2cccc(NC(=O)c3cccc4cccc(C(=O)O)c34)c2)c2ccccc2)sc2c1CCC(C)C2. The number of hydrogen-bond donors (Lipinski definition) is 3. The second-order valence-corrected chi connectivity index (χ2v) is 14.0. The van der Waals surface area contributed by atoms with Crippen LogP contribution in [0.1, 0.15) is 72.6 Å². The van der Waals surface area contributed by atoms with E-state index in [1.54, 1.807) is 55.5 Å². The number of rotatable bonds is 10. The summed E-state index contributed by atoms with van der Waals surface area (Å²) in [6.07, 6.45) is 2.59. The third-order valence-corrected chi connectivity index (χ3v) is 10.7. The molecule has 8 nitrogen and oxygen atoms in total. The average Bonchev–Trinajstić information content (AvgIpc) is 3.43. The van der Waals surface area contributed by atoms with Crippen LogP contribution in [-0.2, 0) is 22.4 Å². The molecule has 2 amide bonds. The zero-order chi connectivity index (χ0) is 33.8. The quantitative estimate of drug-likeness (QED) is 0.0999. The molecule has 1 heterocycles. The van der Waals surface area contributed by atoms with Crippen LogP contribution < -0.4 is 10.6 Å². The van der Waals surface area contributed by atoms with Gasteiger partial charge in [-0.3, -0.25) is 9.59 Å². The van der Waals surface area contributed by atoms with E-state index < -0.39 is 23.1 Å². The smallest absolute Gasteiger partial charge is 0.341 e. The highest BCUT2D eigenvalue weighted by atomic mass is 32.2. The molecule has 244 valence electrons. The van der Waals surface area contributed by atoms with Crippen molar-refractivity contribution in [2.45, 2.75) is 43.3 Å². The van der Waals surface area contributed by atoms with Crippen molar-refractivity contribution in [1.29, 1.82) is 0 Å². The van der Waals surface area contributed by atoms with Gasteiger partial charge in [-0.2, -0.15) is 0 Å². The summed E-state index contributed by atoms with van der Waals surface area (Å²) in [7, 11) is 0. The summed E-state index contributed by atoms with van der Waals surface area (Å²) in [5.41, 5.74) is 2.99. The van der Waals surface area contributed by atoms with Crippen LogP contribution in [0.5, 0.6) is 0 Å². The average molecular weight is 679 g/mol. The van der Waals surface area contributed by atoms with Gasteiger partial charge >= 0.3 is 11.9 Å². The molecule has 0 radical (unpaired) electrons. The van der Waals surface area contributed by atoms with Crippen LogP contribution in [0.15, 0.2) is 95.9 Å². The van der Waals surface area contributed by atoms with Crippen molar-refractivity contribution in [3.8, 4) is 0 Å². The molecule has 0 saturated heterocycles. The molecule has 1 aliphatic carbocycles. The summed E-state index contributed by atoms with van der Waals surface area (Å²) in [6, 6.07) is 26.6. The maximum atomic E-state index is 14.1. The van der Waals surface area contributed by atoms with Crippen molar-refractivity contribution in [2.75, 3.05) is 17.2 Å². The number of aromatic carboxylic acids is 1. The second-order valence-electron chi connectivity index (χ2n) is 11.7. The number of nitrogens with one attached hydrogen (secondary N) is 2. The molecular weight excluding hydrogens is 645 g/mol. The Hall–Kier alpha value is -4.93. The molecule has 2 atom stereocenters. The number of amides is 2. The molecule has 0 fully saturated rings. The normalized spacial score (nSPS) is 14.5. The van der Waals surface area contributed by atoms with Gasteiger partial charge in [0, 0.05) is 26.4 Å². The summed E-state index contributed by atoms with van der Waals surface area (Å²) in [4.78, 5) is 54.5. The Morgan fingerprint density at radius 1 is 0.938 bits per heavy atom. The number of esters is 1. The number of benzene rings is 4. The number of carbonyl (C=O) groups is 4. The molecule has 1 aromatic heterocycles. The molecule has 0 saturated carbocycles. The maximum absolute atomic E-state index is 14.1. The van der Waals surface area contributed by atoms with Crippen molar-refractivity contribution >= 4 is 68.3 Å². The zero-order valence-electron chi connectivity index (χ0n) is 26.4. The minimum Gasteiger partial charge on any atom is -0.478 e. The van der Waals surface area contributed by atoms with E-state index in [2.05, 4.69) is 17.6 Å². The predicted octanol–water partition coefficient (Wildman–Crippen LogP) is 8.63. The molecule has 4 aromatic carbocycles. The Morgan fingerprint density at radius 2 is 1.67 bits per heavy atom. The van der Waals surface area contributed by atoms with Gasteiger partial charge in [0.25, 0.3) is 5.91 Å². The van der Waals surface area contributed by atoms with Gasteiger partial charge in [-0.05, 0) is 78.9 Å². The van der Waals surface area contributed by atoms with E-state index in [9.17, 15) is 24.3 Å². The number of ether oxygens (including phenoxy) is 1. The van der Waals surface area contributed by atoms with Crippen molar-refractivity contribution in [3.05, 3.63) is 124 Å². The molecular formula is C38H34N2O6S2. The maximum Gasteiger partial charge on any atom is 0.341 e. The van der Waals surface area contributed by atoms with Crippen LogP contribution in [0, 0.1) is 5.92 Å². The molecule has 0 bridgehead atoms. The fourth-order valence-corrected chi connectivity index (χ4v) is 8.51. The molecule has 5 aromatic rings. The Bertz CT molecular complexity index is 2020. The van der Waals surface area contributed by atoms with Gasteiger partial charge in [-0.25, -0.2) is 9.59 Å². The lowest BCUT2D eigenvalue weighted by Gasteiger charge is -2.19. The second kappa shape index (κ2) is 14.5. The monoisotopic (exact) mass is 678 g/mol. The summed E-state index contributed by atoms with van der Waals surface area (Å²) in [6.45, 7) is 4.20. The van der Waals surface area contributed by atoms with Gasteiger partial charge in [0.2, 0.25) is 5.91 Å². The first-order chi connectivity index (χ1) is 23.2. The Balaban J connectivity index is 1.28. The number of anilines is 2. The highest BCUT2D eigenvalue weighted by Crippen LogP contribution is 2.42. The lowest BCUT2D eigenvalue weighted by molar-refractivity contribution is -0.115. The first kappa shape index (κ1) is 33.0. The van der Waals surface area contributed by atoms with Gasteiger partial charge < -0.3 is 20.5 Å². The standard InChI is InChI=1S/C38H34N2O6S2/c1-3-46-38(45)32-27-19-18-22(2)20-30(27)48-36(32)40-35(42)33(24-10-5-4-6-11-24)47-26-15-9-14-25(21-26)39-34(41)28-16-7-12-23-13-8-17-29(31(23)28)37(43)44/h4-17,21-22,33H,3,18-20H2,1-2H3,(H,39,41)(H,40,42)(H,43,44). The summed E-state index contributed by atoms with van der Waals surface area (Å²) in [5, 5.41) is 16.6. The number of hydrogen-bond acceptors (Lipinski definition) is 7. The third kappa shape index (κ3) is 7.00. The molecule has 3 N–H and O–H groups in total. The summed E-state index contributed by atoms with van der Waals surface area (Å²) in [5.74, 6) is -1.77. The van der Waals surface area contributed by atoms with E-state index in [-0.39, 0.29) is 23.6 Å². The Morgan fingerprint density at radius 3 is 2.40 bits per heavy atom. The highest BCUT2D eigenvalue weighted by Gasteiger charge is 2.31. The van der Waals surface area contributed by atoms with Crippen molar-refractivity contribution in [3.63, 3.8) is 0 Å². The molecule has 1 aliphatic rings. The topological polar surface area (TPSA) is 122 Å². The minimum atomic E-state index is -1.11. The van der Waals surface area contributed by atoms with E-state index in [4.69, 9.17) is 4.74 Å². The van der Waals surface area contributed by atoms with Crippen LogP contribution in [0.25, 0.3) is 10.8 Å². The van der Waals surface area contributed by atoms with Crippen LogP contribution in [-0.4, -0.2) is 35.5 Å². The van der Waals surface area contributed by atoms with Crippen molar-refractivity contribution in [2.24, 2.45) is 5.92 Å². The first-order valence-electron chi connectivity index (χ1n) is 15.7. The summed E-state index contributed by atoms with van der Waals surface area (Å²) < 4.78 is 5.41. The van der Waals surface area contributed by atoms with Crippen LogP contribution in [0.4, 0.5) is 10.7 Å². The fraction of sp³-hybridized carbons (Fsp3) is 0.211. The molecule has 0 aliphatic heterocycles. The first-order valence-corrected chi connectivity index (χ1v) is 17.4. The van der Waals surface area contributed by atoms with Gasteiger partial charge in [0.1, 0.15) is 10.3 Å². The third-order valence-electron chi connectivity index (χ3n) is 8.29. The number of carboxylic acids is 1. The molecule has 10 heteroatoms. The number of fused-ring (bicyclic) bond motifs is 2. The molecule has 6 rings (SSSR count). The largest absolute Gasteiger partial charge is 0.478 e. The van der Waals surface area contributed by atoms with E-state index in [0.717, 1.165) is 40.2 Å². The van der Waals surface area contributed by atoms with Crippen LogP contribution >= 0.6 is 23.1 Å². The van der Waals surface area contributed by atoms with Gasteiger partial charge in [0.15, 0.2) is 0 Å². The number of carbonyl (C=O) groups excluding carboxylic acids is 3. The Labute approximate surface area is 286 Å². The minimum absolute atomic E-state index is 0.0477. The lowest BCUT2D eigenvalue weighted by Crippen LogP contribution is -2.20. The van der Waals surface area contributed by atoms with Gasteiger partial charge in [0.05, 0.1) is 17.7 Å². The van der Waals surface area contributed by atoms with E-state index in [1.165, 1.54) is 29.2 Å². The Kier molecular flexibility index (Phi) is 9.93. The van der Waals surface area contributed by atoms with Gasteiger partial charge in [-0.15, -0.1) is 23.1 Å². The van der Waals surface area contributed by atoms with E-state index in [1.807, 2.05) is 36.4 Å². The number of thioether (sulfide) groups is 1.